The van der Waals surface area contributed by atoms with Crippen LogP contribution in [0, 0.1) is 17.6 Å². The molecule has 1 saturated heterocycles. The SMILES string of the molecule is O=C(NCc1ccc(F)cc1F)c1cn2c(c(O)c1=O)C(=O)N1CCCN(CC3CC3)C1C2. The van der Waals surface area contributed by atoms with Crippen molar-refractivity contribution in [2.75, 3.05) is 19.6 Å². The number of fused-ring (bicyclic) bond motifs is 2. The van der Waals surface area contributed by atoms with Crippen molar-refractivity contribution in [2.24, 2.45) is 5.92 Å². The summed E-state index contributed by atoms with van der Waals surface area (Å²) < 4.78 is 28.4. The summed E-state index contributed by atoms with van der Waals surface area (Å²) in [4.78, 5) is 42.5. The number of halogens is 2. The number of carbonyl (C=O) groups excluding carboxylic acids is 2. The van der Waals surface area contributed by atoms with Gasteiger partial charge in [-0.25, -0.2) is 8.78 Å². The second-order valence-electron chi connectivity index (χ2n) is 8.91. The number of nitrogens with zero attached hydrogens (tertiary/aromatic N) is 3. The van der Waals surface area contributed by atoms with E-state index in [1.807, 2.05) is 0 Å². The fraction of sp³-hybridized carbons (Fsp3) is 0.435. The second kappa shape index (κ2) is 8.26. The summed E-state index contributed by atoms with van der Waals surface area (Å²) in [5.74, 6) is -2.93. The van der Waals surface area contributed by atoms with Crippen molar-refractivity contribution < 1.29 is 23.5 Å². The van der Waals surface area contributed by atoms with Crippen LogP contribution in [0.3, 0.4) is 0 Å². The highest BCUT2D eigenvalue weighted by atomic mass is 19.1. The minimum atomic E-state index is -0.961. The van der Waals surface area contributed by atoms with Crippen molar-refractivity contribution in [1.82, 2.24) is 19.7 Å². The van der Waals surface area contributed by atoms with Crippen LogP contribution in [-0.4, -0.2) is 57.1 Å². The average molecular weight is 458 g/mol. The van der Waals surface area contributed by atoms with Crippen molar-refractivity contribution in [3.63, 3.8) is 0 Å². The normalized spacial score (nSPS) is 20.4. The minimum absolute atomic E-state index is 0.0516. The number of rotatable bonds is 5. The molecule has 2 aromatic rings. The highest BCUT2D eigenvalue weighted by molar-refractivity contribution is 5.99. The molecule has 5 rings (SSSR count). The molecule has 0 radical (unpaired) electrons. The molecule has 2 amide bonds. The lowest BCUT2D eigenvalue weighted by atomic mass is 10.1. The van der Waals surface area contributed by atoms with Crippen molar-refractivity contribution >= 4 is 11.8 Å². The molecule has 10 heteroatoms. The topological polar surface area (TPSA) is 94.9 Å². The third-order valence-electron chi connectivity index (χ3n) is 6.59. The molecule has 1 aliphatic carbocycles. The van der Waals surface area contributed by atoms with Gasteiger partial charge in [0.25, 0.3) is 11.8 Å². The van der Waals surface area contributed by atoms with Crippen LogP contribution in [0.2, 0.25) is 0 Å². The molecule has 3 heterocycles. The van der Waals surface area contributed by atoms with E-state index in [1.165, 1.54) is 29.7 Å². The third kappa shape index (κ3) is 3.99. The van der Waals surface area contributed by atoms with Crippen LogP contribution in [0.5, 0.6) is 5.75 Å². The smallest absolute Gasteiger partial charge is 0.275 e. The Morgan fingerprint density at radius 1 is 1.18 bits per heavy atom. The molecule has 8 nitrogen and oxygen atoms in total. The van der Waals surface area contributed by atoms with Gasteiger partial charge in [-0.05, 0) is 31.2 Å². The van der Waals surface area contributed by atoms with Crippen molar-refractivity contribution in [1.29, 1.82) is 0 Å². The van der Waals surface area contributed by atoms with Crippen LogP contribution in [0.1, 0.15) is 45.7 Å². The number of amides is 2. The van der Waals surface area contributed by atoms with E-state index in [0.29, 0.717) is 25.1 Å². The van der Waals surface area contributed by atoms with E-state index in [9.17, 15) is 28.3 Å². The van der Waals surface area contributed by atoms with Gasteiger partial charge in [-0.15, -0.1) is 0 Å². The molecule has 1 aromatic heterocycles. The van der Waals surface area contributed by atoms with Gasteiger partial charge >= 0.3 is 0 Å². The number of benzene rings is 1. The zero-order chi connectivity index (χ0) is 23.3. The molecule has 2 aliphatic heterocycles. The molecule has 3 aliphatic rings. The summed E-state index contributed by atoms with van der Waals surface area (Å²) in [5.41, 5.74) is -1.37. The predicted molar refractivity (Wildman–Crippen MR) is 114 cm³/mol. The summed E-state index contributed by atoms with van der Waals surface area (Å²) in [6, 6.07) is 2.97. The quantitative estimate of drug-likeness (QED) is 0.711. The first-order valence-electron chi connectivity index (χ1n) is 11.1. The highest BCUT2D eigenvalue weighted by Crippen LogP contribution is 2.34. The summed E-state index contributed by atoms with van der Waals surface area (Å²) in [5, 5.41) is 13.0. The van der Waals surface area contributed by atoms with Crippen molar-refractivity contribution in [3.05, 3.63) is 63.1 Å². The fourth-order valence-electron chi connectivity index (χ4n) is 4.66. The summed E-state index contributed by atoms with van der Waals surface area (Å²) in [7, 11) is 0. The summed E-state index contributed by atoms with van der Waals surface area (Å²) in [6.07, 6.45) is 4.26. The molecular weight excluding hydrogens is 434 g/mol. The number of aromatic nitrogens is 1. The van der Waals surface area contributed by atoms with Gasteiger partial charge < -0.3 is 19.9 Å². The van der Waals surface area contributed by atoms with Gasteiger partial charge in [0.2, 0.25) is 5.43 Å². The standard InChI is InChI=1S/C23H24F2N4O4/c24-15-5-4-14(17(25)8-15)9-26-22(32)16-11-28-12-18-27(10-13-2-3-13)6-1-7-29(18)23(33)19(28)21(31)20(16)30/h4-5,8,11,13,18,31H,1-3,6-7,9-10,12H2,(H,26,32). The van der Waals surface area contributed by atoms with Gasteiger partial charge in [0.05, 0.1) is 6.54 Å². The maximum absolute atomic E-state index is 13.9. The summed E-state index contributed by atoms with van der Waals surface area (Å²) >= 11 is 0. The largest absolute Gasteiger partial charge is 0.503 e. The number of pyridine rings is 1. The molecule has 174 valence electrons. The molecule has 1 unspecified atom stereocenters. The van der Waals surface area contributed by atoms with Crippen LogP contribution in [0.25, 0.3) is 0 Å². The van der Waals surface area contributed by atoms with Crippen LogP contribution in [-0.2, 0) is 13.1 Å². The van der Waals surface area contributed by atoms with E-state index in [0.717, 1.165) is 25.6 Å². The molecule has 1 aromatic carbocycles. The number of aromatic hydroxyl groups is 1. The predicted octanol–water partition coefficient (Wildman–Crippen LogP) is 1.66. The Kier molecular flexibility index (Phi) is 5.40. The third-order valence-corrected chi connectivity index (χ3v) is 6.59. The van der Waals surface area contributed by atoms with Gasteiger partial charge in [0.15, 0.2) is 11.4 Å². The Labute approximate surface area is 188 Å². The van der Waals surface area contributed by atoms with Crippen LogP contribution >= 0.6 is 0 Å². The maximum atomic E-state index is 13.9. The highest BCUT2D eigenvalue weighted by Gasteiger charge is 2.41. The number of carbonyl (C=O) groups is 2. The van der Waals surface area contributed by atoms with Gasteiger partial charge in [-0.2, -0.15) is 0 Å². The first-order chi connectivity index (χ1) is 15.8. The number of nitrogens with one attached hydrogen (secondary N) is 1. The zero-order valence-corrected chi connectivity index (χ0v) is 17.9. The monoisotopic (exact) mass is 458 g/mol. The van der Waals surface area contributed by atoms with Gasteiger partial charge in [-0.1, -0.05) is 6.07 Å². The molecule has 1 saturated carbocycles. The Hall–Kier alpha value is -3.27. The van der Waals surface area contributed by atoms with Gasteiger partial charge in [-0.3, -0.25) is 19.3 Å². The number of hydrogen-bond donors (Lipinski definition) is 2. The van der Waals surface area contributed by atoms with E-state index in [-0.39, 0.29) is 29.5 Å². The summed E-state index contributed by atoms with van der Waals surface area (Å²) in [6.45, 7) is 2.37. The molecule has 0 bridgehead atoms. The van der Waals surface area contributed by atoms with Crippen LogP contribution in [0.4, 0.5) is 8.78 Å². The van der Waals surface area contributed by atoms with Crippen LogP contribution < -0.4 is 10.7 Å². The first kappa shape index (κ1) is 21.6. The van der Waals surface area contributed by atoms with E-state index in [4.69, 9.17) is 0 Å². The lowest BCUT2D eigenvalue weighted by Crippen LogP contribution is -2.61. The molecule has 1 atom stereocenters. The van der Waals surface area contributed by atoms with Crippen molar-refractivity contribution in [3.8, 4) is 5.75 Å². The molecule has 0 spiro atoms. The lowest BCUT2D eigenvalue weighted by Gasteiger charge is -2.47. The second-order valence-corrected chi connectivity index (χ2v) is 8.91. The van der Waals surface area contributed by atoms with Crippen molar-refractivity contribution in [2.45, 2.75) is 38.5 Å². The molecule has 2 N–H and O–H groups in total. The Balaban J connectivity index is 1.41. The zero-order valence-electron chi connectivity index (χ0n) is 17.9. The number of hydrogen-bond acceptors (Lipinski definition) is 5. The Morgan fingerprint density at radius 3 is 2.70 bits per heavy atom. The van der Waals surface area contributed by atoms with Crippen LogP contribution in [0.15, 0.2) is 29.2 Å². The van der Waals surface area contributed by atoms with E-state index in [1.54, 1.807) is 4.90 Å². The average Bonchev–Trinajstić information content (AvgIpc) is 3.60. The Morgan fingerprint density at radius 2 is 1.97 bits per heavy atom. The van der Waals surface area contributed by atoms with Gasteiger partial charge in [0.1, 0.15) is 23.4 Å². The van der Waals surface area contributed by atoms with E-state index >= 15 is 0 Å². The Bertz CT molecular complexity index is 1190. The maximum Gasteiger partial charge on any atom is 0.275 e. The molecule has 2 fully saturated rings. The lowest BCUT2D eigenvalue weighted by molar-refractivity contribution is -0.0120. The minimum Gasteiger partial charge on any atom is -0.503 e. The molecular formula is C23H24F2N4O4. The fourth-order valence-corrected chi connectivity index (χ4v) is 4.66. The molecule has 33 heavy (non-hydrogen) atoms. The first-order valence-corrected chi connectivity index (χ1v) is 11.1. The van der Waals surface area contributed by atoms with E-state index < -0.39 is 34.6 Å². The van der Waals surface area contributed by atoms with Gasteiger partial charge in [0, 0.05) is 44.0 Å². The van der Waals surface area contributed by atoms with E-state index in [2.05, 4.69) is 10.2 Å².